The van der Waals surface area contributed by atoms with Crippen LogP contribution in [0.5, 0.6) is 11.5 Å². The van der Waals surface area contributed by atoms with Crippen molar-refractivity contribution in [3.63, 3.8) is 0 Å². The van der Waals surface area contributed by atoms with Gasteiger partial charge in [0.25, 0.3) is 0 Å². The fourth-order valence-corrected chi connectivity index (χ4v) is 2.46. The molecule has 108 valence electrons. The molecule has 3 rings (SSSR count). The minimum absolute atomic E-state index is 0.139. The molecule has 0 spiro atoms. The summed E-state index contributed by atoms with van der Waals surface area (Å²) < 4.78 is 34.8. The van der Waals surface area contributed by atoms with Gasteiger partial charge in [0.2, 0.25) is 5.91 Å². The minimum atomic E-state index is -3.73. The highest BCUT2D eigenvalue weighted by Gasteiger charge is 2.46. The molecule has 5 nitrogen and oxygen atoms in total. The lowest BCUT2D eigenvalue weighted by molar-refractivity contribution is -0.286. The number of hydrogen-bond acceptors (Lipinski definition) is 4. The lowest BCUT2D eigenvalue weighted by atomic mass is 9.74. The van der Waals surface area contributed by atoms with Crippen LogP contribution in [0.2, 0.25) is 0 Å². The summed E-state index contributed by atoms with van der Waals surface area (Å²) in [6, 6.07) is 2.56. The van der Waals surface area contributed by atoms with Gasteiger partial charge in [0.15, 0.2) is 11.5 Å². The number of amides is 1. The number of anilines is 1. The Balaban J connectivity index is 2.06. The summed E-state index contributed by atoms with van der Waals surface area (Å²) in [5, 5.41) is 12.9. The molecule has 0 aromatic heterocycles. The Morgan fingerprint density at radius 3 is 2.40 bits per heavy atom. The normalized spacial score (nSPS) is 21.2. The van der Waals surface area contributed by atoms with Crippen LogP contribution in [0.1, 0.15) is 31.7 Å². The molecule has 1 aromatic rings. The predicted octanol–water partition coefficient (Wildman–Crippen LogP) is 2.34. The summed E-state index contributed by atoms with van der Waals surface area (Å²) in [6.45, 7) is 1.30. The lowest BCUT2D eigenvalue weighted by Gasteiger charge is -2.38. The van der Waals surface area contributed by atoms with E-state index < -0.39 is 11.9 Å². The summed E-state index contributed by atoms with van der Waals surface area (Å²) >= 11 is 0. The van der Waals surface area contributed by atoms with E-state index in [-0.39, 0.29) is 23.1 Å². The van der Waals surface area contributed by atoms with Gasteiger partial charge < -0.3 is 19.9 Å². The Hall–Kier alpha value is -1.89. The second-order valence-electron chi connectivity index (χ2n) is 5.08. The number of carbonyl (C=O) groups excluding carboxylic acids is 1. The van der Waals surface area contributed by atoms with Gasteiger partial charge >= 0.3 is 6.29 Å². The lowest BCUT2D eigenvalue weighted by Crippen LogP contribution is -2.34. The van der Waals surface area contributed by atoms with Gasteiger partial charge in [-0.05, 0) is 25.3 Å². The number of alkyl halides is 2. The number of aliphatic hydroxyl groups is 1. The highest BCUT2D eigenvalue weighted by Crippen LogP contribution is 2.50. The molecule has 20 heavy (non-hydrogen) atoms. The van der Waals surface area contributed by atoms with E-state index in [4.69, 9.17) is 0 Å². The van der Waals surface area contributed by atoms with Gasteiger partial charge in [0, 0.05) is 18.6 Å². The topological polar surface area (TPSA) is 67.8 Å². The third kappa shape index (κ3) is 2.07. The van der Waals surface area contributed by atoms with E-state index in [2.05, 4.69) is 14.8 Å². The molecule has 0 atom stereocenters. The predicted molar refractivity (Wildman–Crippen MR) is 64.7 cm³/mol. The maximum Gasteiger partial charge on any atom is 0.586 e. The van der Waals surface area contributed by atoms with Gasteiger partial charge in [0.05, 0.1) is 11.3 Å². The molecule has 0 radical (unpaired) electrons. The molecule has 1 fully saturated rings. The van der Waals surface area contributed by atoms with Crippen molar-refractivity contribution in [2.45, 2.75) is 38.1 Å². The van der Waals surface area contributed by atoms with Gasteiger partial charge in [-0.3, -0.25) is 4.79 Å². The smallest absolute Gasteiger partial charge is 0.395 e. The molecule has 0 bridgehead atoms. The van der Waals surface area contributed by atoms with Crippen molar-refractivity contribution in [2.24, 2.45) is 0 Å². The first-order chi connectivity index (χ1) is 9.29. The van der Waals surface area contributed by atoms with Crippen LogP contribution >= 0.6 is 0 Å². The van der Waals surface area contributed by atoms with E-state index >= 15 is 0 Å². The zero-order chi connectivity index (χ0) is 14.5. The van der Waals surface area contributed by atoms with E-state index in [1.54, 1.807) is 0 Å². The van der Waals surface area contributed by atoms with Crippen molar-refractivity contribution >= 4 is 11.6 Å². The van der Waals surface area contributed by atoms with Gasteiger partial charge in [-0.1, -0.05) is 0 Å². The zero-order valence-corrected chi connectivity index (χ0v) is 10.7. The fourth-order valence-electron chi connectivity index (χ4n) is 2.46. The maximum absolute atomic E-state index is 13.1. The van der Waals surface area contributed by atoms with Crippen LogP contribution in [-0.4, -0.2) is 17.3 Å². The molecular weight excluding hydrogens is 272 g/mol. The number of halogens is 2. The SMILES string of the molecule is CC(=O)Nc1cc2c(cc1C1(O)CCC1)OC(F)(F)O2. The molecule has 1 amide bonds. The Morgan fingerprint density at radius 2 is 1.90 bits per heavy atom. The van der Waals surface area contributed by atoms with Crippen LogP contribution in [0.15, 0.2) is 12.1 Å². The molecule has 1 aromatic carbocycles. The van der Waals surface area contributed by atoms with Crippen LogP contribution < -0.4 is 14.8 Å². The van der Waals surface area contributed by atoms with Gasteiger partial charge in [0.1, 0.15) is 0 Å². The Morgan fingerprint density at radius 1 is 1.30 bits per heavy atom. The summed E-state index contributed by atoms with van der Waals surface area (Å²) in [5.41, 5.74) is -0.479. The molecule has 0 saturated heterocycles. The van der Waals surface area contributed by atoms with E-state index in [1.165, 1.54) is 19.1 Å². The van der Waals surface area contributed by atoms with Crippen molar-refractivity contribution in [3.8, 4) is 11.5 Å². The third-order valence-electron chi connectivity index (χ3n) is 3.53. The molecular formula is C13H13F2NO4. The van der Waals surface area contributed by atoms with E-state index in [9.17, 15) is 18.7 Å². The number of hydrogen-bond donors (Lipinski definition) is 2. The number of rotatable bonds is 2. The number of carbonyl (C=O) groups is 1. The summed E-state index contributed by atoms with van der Waals surface area (Å²) in [4.78, 5) is 11.2. The Labute approximate surface area is 113 Å². The molecule has 0 unspecified atom stereocenters. The number of benzene rings is 1. The number of fused-ring (bicyclic) bond motifs is 1. The second-order valence-corrected chi connectivity index (χ2v) is 5.08. The van der Waals surface area contributed by atoms with E-state index in [1.807, 2.05) is 0 Å². The average Bonchev–Trinajstić information content (AvgIpc) is 2.57. The summed E-state index contributed by atoms with van der Waals surface area (Å²) in [6.07, 6.45) is -1.87. The standard InChI is InChI=1S/C13H13F2NO4/c1-7(17)16-9-6-11-10(19-13(14,15)20-11)5-8(9)12(18)3-2-4-12/h5-6,18H,2-4H2,1H3,(H,16,17). The van der Waals surface area contributed by atoms with Crippen molar-refractivity contribution in [1.29, 1.82) is 0 Å². The molecule has 2 aliphatic rings. The van der Waals surface area contributed by atoms with Gasteiger partial charge in [-0.2, -0.15) is 0 Å². The van der Waals surface area contributed by atoms with E-state index in [0.29, 0.717) is 18.4 Å². The molecule has 2 N–H and O–H groups in total. The monoisotopic (exact) mass is 285 g/mol. The highest BCUT2D eigenvalue weighted by atomic mass is 19.3. The zero-order valence-electron chi connectivity index (χ0n) is 10.7. The summed E-state index contributed by atoms with van der Waals surface area (Å²) in [5.74, 6) is -0.662. The first kappa shape index (κ1) is 13.1. The van der Waals surface area contributed by atoms with Crippen molar-refractivity contribution in [1.82, 2.24) is 0 Å². The second kappa shape index (κ2) is 4.05. The Bertz CT molecular complexity index is 584. The number of ether oxygens (including phenoxy) is 2. The van der Waals surface area contributed by atoms with Gasteiger partial charge in [-0.15, -0.1) is 8.78 Å². The third-order valence-corrected chi connectivity index (χ3v) is 3.53. The van der Waals surface area contributed by atoms with Crippen LogP contribution in [-0.2, 0) is 10.4 Å². The first-order valence-corrected chi connectivity index (χ1v) is 6.23. The Kier molecular flexibility index (Phi) is 2.66. The van der Waals surface area contributed by atoms with Crippen molar-refractivity contribution in [3.05, 3.63) is 17.7 Å². The maximum atomic E-state index is 13.1. The average molecular weight is 285 g/mol. The number of nitrogens with one attached hydrogen (secondary N) is 1. The van der Waals surface area contributed by atoms with Crippen molar-refractivity contribution in [2.75, 3.05) is 5.32 Å². The molecule has 1 aliphatic heterocycles. The minimum Gasteiger partial charge on any atom is -0.395 e. The van der Waals surface area contributed by atoms with E-state index in [0.717, 1.165) is 6.42 Å². The quantitative estimate of drug-likeness (QED) is 0.875. The van der Waals surface area contributed by atoms with Gasteiger partial charge in [-0.25, -0.2) is 0 Å². The molecule has 7 heteroatoms. The largest absolute Gasteiger partial charge is 0.586 e. The molecule has 1 aliphatic carbocycles. The summed E-state index contributed by atoms with van der Waals surface area (Å²) in [7, 11) is 0. The fraction of sp³-hybridized carbons (Fsp3) is 0.462. The molecule has 1 heterocycles. The van der Waals surface area contributed by atoms with Crippen LogP contribution in [0, 0.1) is 0 Å². The first-order valence-electron chi connectivity index (χ1n) is 6.23. The van der Waals surface area contributed by atoms with Crippen molar-refractivity contribution < 1.29 is 28.2 Å². The van der Waals surface area contributed by atoms with Crippen LogP contribution in [0.3, 0.4) is 0 Å². The van der Waals surface area contributed by atoms with Crippen LogP contribution in [0.4, 0.5) is 14.5 Å². The molecule has 1 saturated carbocycles. The van der Waals surface area contributed by atoms with Crippen LogP contribution in [0.25, 0.3) is 0 Å². The highest BCUT2D eigenvalue weighted by molar-refractivity contribution is 5.90.